The lowest BCUT2D eigenvalue weighted by Gasteiger charge is -2.30. The highest BCUT2D eigenvalue weighted by Crippen LogP contribution is 2.10. The summed E-state index contributed by atoms with van der Waals surface area (Å²) in [5, 5.41) is 0. The van der Waals surface area contributed by atoms with Crippen molar-refractivity contribution in [3.8, 4) is 0 Å². The van der Waals surface area contributed by atoms with Gasteiger partial charge in [0.15, 0.2) is 0 Å². The second-order valence-electron chi connectivity index (χ2n) is 3.88. The number of hydrogen-bond donors (Lipinski definition) is 4. The second-order valence-corrected chi connectivity index (χ2v) is 3.88. The van der Waals surface area contributed by atoms with Gasteiger partial charge in [-0.15, -0.1) is 0 Å². The van der Waals surface area contributed by atoms with E-state index in [4.69, 9.17) is 17.3 Å². The molecule has 8 heteroatoms. The van der Waals surface area contributed by atoms with Gasteiger partial charge in [0.25, 0.3) is 0 Å². The van der Waals surface area contributed by atoms with Crippen LogP contribution in [0.25, 0.3) is 0 Å². The molecule has 0 heterocycles. The third kappa shape index (κ3) is 5.27. The summed E-state index contributed by atoms with van der Waals surface area (Å²) in [7, 11) is 0. The third-order valence-corrected chi connectivity index (χ3v) is 2.57. The lowest BCUT2D eigenvalue weighted by Crippen LogP contribution is -2.50. The summed E-state index contributed by atoms with van der Waals surface area (Å²) in [6.45, 7) is 3.02. The molecule has 17 heavy (non-hydrogen) atoms. The van der Waals surface area contributed by atoms with Crippen LogP contribution in [0.5, 0.6) is 0 Å². The van der Waals surface area contributed by atoms with E-state index in [0.717, 1.165) is 0 Å². The number of primary amides is 2. The van der Waals surface area contributed by atoms with Gasteiger partial charge in [0.1, 0.15) is 0 Å². The number of hydrazine groups is 1. The lowest BCUT2D eigenvalue weighted by molar-refractivity contribution is -0.130. The van der Waals surface area contributed by atoms with Gasteiger partial charge >= 0.3 is 0 Å². The Morgan fingerprint density at radius 3 is 1.82 bits per heavy atom. The standard InChI is InChI=1S/C9H19N5O3/c1-5(9(17)13-12)6(2)14(3-7(10)15)4-8(11)16/h5-6H,3-4,12H2,1-2H3,(H2,10,15)(H2,11,16)(H,13,17). The smallest absolute Gasteiger partial charge is 0.238 e. The van der Waals surface area contributed by atoms with Crippen molar-refractivity contribution in [3.63, 3.8) is 0 Å². The first-order valence-electron chi connectivity index (χ1n) is 5.10. The second kappa shape index (κ2) is 6.81. The van der Waals surface area contributed by atoms with Crippen LogP contribution < -0.4 is 22.7 Å². The van der Waals surface area contributed by atoms with Crippen LogP contribution in [0.15, 0.2) is 0 Å². The summed E-state index contributed by atoms with van der Waals surface area (Å²) < 4.78 is 0. The molecule has 3 amide bonds. The van der Waals surface area contributed by atoms with Crippen molar-refractivity contribution in [1.82, 2.24) is 10.3 Å². The minimum absolute atomic E-state index is 0.147. The fraction of sp³-hybridized carbons (Fsp3) is 0.667. The number of hydrogen-bond acceptors (Lipinski definition) is 5. The van der Waals surface area contributed by atoms with E-state index in [1.165, 1.54) is 4.90 Å². The van der Waals surface area contributed by atoms with E-state index in [1.54, 1.807) is 13.8 Å². The molecular weight excluding hydrogens is 226 g/mol. The predicted molar refractivity (Wildman–Crippen MR) is 60.9 cm³/mol. The Kier molecular flexibility index (Phi) is 6.15. The third-order valence-electron chi connectivity index (χ3n) is 2.57. The van der Waals surface area contributed by atoms with Crippen LogP contribution in [-0.2, 0) is 14.4 Å². The minimum atomic E-state index is -0.599. The molecule has 2 unspecified atom stereocenters. The summed E-state index contributed by atoms with van der Waals surface area (Å²) in [4.78, 5) is 34.5. The van der Waals surface area contributed by atoms with Crippen LogP contribution in [0.4, 0.5) is 0 Å². The number of nitrogens with two attached hydrogens (primary N) is 3. The molecule has 0 bridgehead atoms. The van der Waals surface area contributed by atoms with Crippen molar-refractivity contribution in [3.05, 3.63) is 0 Å². The molecule has 0 saturated heterocycles. The quantitative estimate of drug-likeness (QED) is 0.219. The lowest BCUT2D eigenvalue weighted by atomic mass is 10.0. The van der Waals surface area contributed by atoms with Crippen molar-refractivity contribution in [1.29, 1.82) is 0 Å². The van der Waals surface area contributed by atoms with Crippen LogP contribution in [-0.4, -0.2) is 41.8 Å². The van der Waals surface area contributed by atoms with Gasteiger partial charge < -0.3 is 11.5 Å². The molecule has 0 aliphatic rings. The van der Waals surface area contributed by atoms with Crippen LogP contribution in [0.3, 0.4) is 0 Å². The van der Waals surface area contributed by atoms with E-state index in [2.05, 4.69) is 0 Å². The predicted octanol–water partition coefficient (Wildman–Crippen LogP) is -2.73. The van der Waals surface area contributed by atoms with Gasteiger partial charge in [-0.1, -0.05) is 6.92 Å². The monoisotopic (exact) mass is 245 g/mol. The number of nitrogens with zero attached hydrogens (tertiary/aromatic N) is 1. The SMILES string of the molecule is CC(C(=O)NN)C(C)N(CC(N)=O)CC(N)=O. The number of amides is 3. The van der Waals surface area contributed by atoms with Gasteiger partial charge in [-0.3, -0.25) is 24.7 Å². The highest BCUT2D eigenvalue weighted by atomic mass is 16.2. The Labute approximate surface area is 99.4 Å². The van der Waals surface area contributed by atoms with Crippen LogP contribution in [0.1, 0.15) is 13.8 Å². The number of nitrogens with one attached hydrogen (secondary N) is 1. The Balaban J connectivity index is 4.71. The average Bonchev–Trinajstić information content (AvgIpc) is 2.23. The van der Waals surface area contributed by atoms with Gasteiger partial charge in [0.05, 0.1) is 19.0 Å². The average molecular weight is 245 g/mol. The molecule has 8 nitrogen and oxygen atoms in total. The van der Waals surface area contributed by atoms with Crippen molar-refractivity contribution < 1.29 is 14.4 Å². The van der Waals surface area contributed by atoms with E-state index < -0.39 is 29.7 Å². The first-order chi connectivity index (χ1) is 7.79. The minimum Gasteiger partial charge on any atom is -0.369 e. The van der Waals surface area contributed by atoms with Crippen LogP contribution >= 0.6 is 0 Å². The molecule has 0 aromatic rings. The van der Waals surface area contributed by atoms with Gasteiger partial charge in [-0.05, 0) is 6.92 Å². The summed E-state index contributed by atoms with van der Waals surface area (Å²) in [5.74, 6) is 2.92. The molecular formula is C9H19N5O3. The molecule has 0 saturated carbocycles. The van der Waals surface area contributed by atoms with E-state index in [1.807, 2.05) is 5.43 Å². The zero-order chi connectivity index (χ0) is 13.6. The Morgan fingerprint density at radius 1 is 1.12 bits per heavy atom. The first-order valence-corrected chi connectivity index (χ1v) is 5.10. The summed E-state index contributed by atoms with van der Waals surface area (Å²) in [5.41, 5.74) is 12.1. The van der Waals surface area contributed by atoms with Gasteiger partial charge in [0, 0.05) is 6.04 Å². The maximum absolute atomic E-state index is 11.3. The fourth-order valence-electron chi connectivity index (χ4n) is 1.41. The topological polar surface area (TPSA) is 145 Å². The van der Waals surface area contributed by atoms with Crippen molar-refractivity contribution in [2.75, 3.05) is 13.1 Å². The molecule has 0 spiro atoms. The molecule has 98 valence electrons. The highest BCUT2D eigenvalue weighted by Gasteiger charge is 2.27. The van der Waals surface area contributed by atoms with E-state index in [0.29, 0.717) is 0 Å². The van der Waals surface area contributed by atoms with Crippen molar-refractivity contribution in [2.45, 2.75) is 19.9 Å². The summed E-state index contributed by atoms with van der Waals surface area (Å²) >= 11 is 0. The maximum atomic E-state index is 11.3. The van der Waals surface area contributed by atoms with Gasteiger partial charge in [-0.2, -0.15) is 0 Å². The molecule has 0 aromatic heterocycles. The fourth-order valence-corrected chi connectivity index (χ4v) is 1.41. The largest absolute Gasteiger partial charge is 0.369 e. The first kappa shape index (κ1) is 15.3. The van der Waals surface area contributed by atoms with Crippen molar-refractivity contribution >= 4 is 17.7 Å². The van der Waals surface area contributed by atoms with E-state index >= 15 is 0 Å². The molecule has 0 aliphatic heterocycles. The zero-order valence-corrected chi connectivity index (χ0v) is 9.97. The maximum Gasteiger partial charge on any atom is 0.238 e. The van der Waals surface area contributed by atoms with E-state index in [-0.39, 0.29) is 13.1 Å². The summed E-state index contributed by atoms with van der Waals surface area (Å²) in [6, 6.07) is -0.390. The molecule has 0 radical (unpaired) electrons. The number of carbonyl (C=O) groups is 3. The van der Waals surface area contributed by atoms with Crippen LogP contribution in [0.2, 0.25) is 0 Å². The van der Waals surface area contributed by atoms with Crippen LogP contribution in [0, 0.1) is 5.92 Å². The van der Waals surface area contributed by atoms with Gasteiger partial charge in [-0.25, -0.2) is 5.84 Å². The number of carbonyl (C=O) groups excluding carboxylic acids is 3. The number of rotatable bonds is 7. The van der Waals surface area contributed by atoms with Gasteiger partial charge in [0.2, 0.25) is 17.7 Å². The van der Waals surface area contributed by atoms with Crippen molar-refractivity contribution in [2.24, 2.45) is 23.2 Å². The normalized spacial score (nSPS) is 14.1. The Bertz CT molecular complexity index is 291. The molecule has 0 rings (SSSR count). The molecule has 0 fully saturated rings. The van der Waals surface area contributed by atoms with E-state index in [9.17, 15) is 14.4 Å². The zero-order valence-electron chi connectivity index (χ0n) is 9.97. The highest BCUT2D eigenvalue weighted by molar-refractivity contribution is 5.80. The molecule has 7 N–H and O–H groups in total. The molecule has 0 aliphatic carbocycles. The summed E-state index contributed by atoms with van der Waals surface area (Å²) in [6.07, 6.45) is 0. The Morgan fingerprint density at radius 2 is 1.53 bits per heavy atom. The molecule has 0 aromatic carbocycles. The molecule has 2 atom stereocenters. The Hall–Kier alpha value is -1.67.